The number of carbonyl (C=O) groups excluding carboxylic acids is 1. The maximum Gasteiger partial charge on any atom is 0.253 e. The van der Waals surface area contributed by atoms with Gasteiger partial charge in [-0.05, 0) is 31.7 Å². The molecule has 1 saturated heterocycles. The Morgan fingerprint density at radius 2 is 2.09 bits per heavy atom. The standard InChI is InChI=1S/C20H25NO2/c1-4-6-18-13-23-14-19(20(22)21-16(18)3)8-5-7-17-11-9-15(2)10-12-17/h4,8-12,18H,1,3,5-7,13-14H2,2H3,(H,21,22)/b19-8-. The van der Waals surface area contributed by atoms with Crippen molar-refractivity contribution in [1.29, 1.82) is 0 Å². The van der Waals surface area contributed by atoms with Gasteiger partial charge in [0.15, 0.2) is 0 Å². The number of benzene rings is 1. The Balaban J connectivity index is 1.93. The van der Waals surface area contributed by atoms with Crippen LogP contribution in [0.3, 0.4) is 0 Å². The zero-order valence-corrected chi connectivity index (χ0v) is 13.8. The van der Waals surface area contributed by atoms with Crippen molar-refractivity contribution in [2.75, 3.05) is 13.2 Å². The third-order valence-corrected chi connectivity index (χ3v) is 4.03. The van der Waals surface area contributed by atoms with Gasteiger partial charge in [-0.1, -0.05) is 48.6 Å². The molecule has 1 atom stereocenters. The normalized spacial score (nSPS) is 20.7. The molecule has 0 radical (unpaired) electrons. The van der Waals surface area contributed by atoms with E-state index in [9.17, 15) is 4.79 Å². The predicted molar refractivity (Wildman–Crippen MR) is 94.0 cm³/mol. The quantitative estimate of drug-likeness (QED) is 0.665. The van der Waals surface area contributed by atoms with Crippen LogP contribution in [0.2, 0.25) is 0 Å². The van der Waals surface area contributed by atoms with E-state index in [0.29, 0.717) is 24.5 Å². The van der Waals surface area contributed by atoms with Crippen molar-refractivity contribution in [3.05, 3.63) is 72.0 Å². The summed E-state index contributed by atoms with van der Waals surface area (Å²) >= 11 is 0. The Morgan fingerprint density at radius 1 is 1.35 bits per heavy atom. The van der Waals surface area contributed by atoms with Gasteiger partial charge in [-0.3, -0.25) is 4.79 Å². The van der Waals surface area contributed by atoms with Gasteiger partial charge in [0.2, 0.25) is 0 Å². The summed E-state index contributed by atoms with van der Waals surface area (Å²) in [5.74, 6) is -0.00164. The Morgan fingerprint density at radius 3 is 2.78 bits per heavy atom. The van der Waals surface area contributed by atoms with E-state index in [0.717, 1.165) is 19.3 Å². The molecule has 0 aromatic heterocycles. The van der Waals surface area contributed by atoms with Gasteiger partial charge in [-0.15, -0.1) is 6.58 Å². The van der Waals surface area contributed by atoms with Crippen molar-refractivity contribution in [2.45, 2.75) is 26.2 Å². The Bertz CT molecular complexity index is 599. The molecule has 23 heavy (non-hydrogen) atoms. The van der Waals surface area contributed by atoms with Crippen LogP contribution in [0.1, 0.15) is 24.0 Å². The highest BCUT2D eigenvalue weighted by Gasteiger charge is 2.20. The van der Waals surface area contributed by atoms with E-state index in [1.807, 2.05) is 12.2 Å². The first-order valence-corrected chi connectivity index (χ1v) is 8.03. The second-order valence-electron chi connectivity index (χ2n) is 5.97. The summed E-state index contributed by atoms with van der Waals surface area (Å²) < 4.78 is 5.67. The molecule has 0 aliphatic carbocycles. The highest BCUT2D eigenvalue weighted by molar-refractivity contribution is 5.94. The molecule has 0 spiro atoms. The van der Waals surface area contributed by atoms with Crippen molar-refractivity contribution in [3.8, 4) is 0 Å². The Kier molecular flexibility index (Phi) is 6.36. The maximum atomic E-state index is 12.3. The van der Waals surface area contributed by atoms with Gasteiger partial charge >= 0.3 is 0 Å². The summed E-state index contributed by atoms with van der Waals surface area (Å²) in [4.78, 5) is 12.3. The van der Waals surface area contributed by atoms with Crippen LogP contribution in [-0.4, -0.2) is 19.1 Å². The minimum Gasteiger partial charge on any atom is -0.376 e. The van der Waals surface area contributed by atoms with Gasteiger partial charge in [0.05, 0.1) is 13.2 Å². The van der Waals surface area contributed by atoms with Crippen LogP contribution in [0, 0.1) is 12.8 Å². The van der Waals surface area contributed by atoms with E-state index in [2.05, 4.69) is 49.7 Å². The van der Waals surface area contributed by atoms with E-state index < -0.39 is 0 Å². The third-order valence-electron chi connectivity index (χ3n) is 4.03. The number of ether oxygens (including phenoxy) is 1. The van der Waals surface area contributed by atoms with Crippen LogP contribution in [0.15, 0.2) is 60.8 Å². The summed E-state index contributed by atoms with van der Waals surface area (Å²) in [6.07, 6.45) is 6.28. The van der Waals surface area contributed by atoms with Crippen LogP contribution in [0.5, 0.6) is 0 Å². The third kappa shape index (κ3) is 5.22. The van der Waals surface area contributed by atoms with Crippen molar-refractivity contribution >= 4 is 5.91 Å². The number of aryl methyl sites for hydroxylation is 2. The first kappa shape index (κ1) is 17.2. The number of nitrogens with one attached hydrogen (secondary N) is 1. The molecular weight excluding hydrogens is 286 g/mol. The molecule has 1 heterocycles. The lowest BCUT2D eigenvalue weighted by Gasteiger charge is -2.23. The predicted octanol–water partition coefficient (Wildman–Crippen LogP) is 3.71. The zero-order valence-electron chi connectivity index (χ0n) is 13.8. The minimum atomic E-state index is -0.104. The fourth-order valence-corrected chi connectivity index (χ4v) is 2.54. The number of hydrogen-bond donors (Lipinski definition) is 1. The molecule has 1 N–H and O–H groups in total. The van der Waals surface area contributed by atoms with E-state index in [4.69, 9.17) is 4.74 Å². The first-order valence-electron chi connectivity index (χ1n) is 8.03. The highest BCUT2D eigenvalue weighted by atomic mass is 16.5. The molecule has 1 aliphatic heterocycles. The molecule has 3 nitrogen and oxygen atoms in total. The van der Waals surface area contributed by atoms with E-state index >= 15 is 0 Å². The van der Waals surface area contributed by atoms with Crippen LogP contribution in [0.4, 0.5) is 0 Å². The van der Waals surface area contributed by atoms with Gasteiger partial charge in [-0.2, -0.15) is 0 Å². The molecule has 1 aliphatic rings. The molecule has 1 aromatic carbocycles. The van der Waals surface area contributed by atoms with Crippen molar-refractivity contribution in [2.24, 2.45) is 5.92 Å². The maximum absolute atomic E-state index is 12.3. The lowest BCUT2D eigenvalue weighted by atomic mass is 10.0. The van der Waals surface area contributed by atoms with Crippen LogP contribution < -0.4 is 5.32 Å². The highest BCUT2D eigenvalue weighted by Crippen LogP contribution is 2.17. The molecular formula is C20H25NO2. The molecule has 1 amide bonds. The summed E-state index contributed by atoms with van der Waals surface area (Å²) in [5.41, 5.74) is 3.91. The Hall–Kier alpha value is -2.13. The second kappa shape index (κ2) is 8.49. The number of carbonyl (C=O) groups is 1. The van der Waals surface area contributed by atoms with Crippen molar-refractivity contribution in [3.63, 3.8) is 0 Å². The average Bonchev–Trinajstić information content (AvgIpc) is 2.53. The average molecular weight is 311 g/mol. The van der Waals surface area contributed by atoms with Crippen LogP contribution in [0.25, 0.3) is 0 Å². The number of allylic oxidation sites excluding steroid dienone is 2. The molecule has 0 bridgehead atoms. The monoisotopic (exact) mass is 311 g/mol. The van der Waals surface area contributed by atoms with Crippen LogP contribution >= 0.6 is 0 Å². The molecule has 3 heteroatoms. The molecule has 2 rings (SSSR count). The molecule has 1 aromatic rings. The van der Waals surface area contributed by atoms with Gasteiger partial charge in [0, 0.05) is 17.2 Å². The molecule has 1 fully saturated rings. The lowest BCUT2D eigenvalue weighted by Crippen LogP contribution is -2.34. The van der Waals surface area contributed by atoms with E-state index in [1.165, 1.54) is 11.1 Å². The fourth-order valence-electron chi connectivity index (χ4n) is 2.54. The van der Waals surface area contributed by atoms with Gasteiger partial charge < -0.3 is 10.1 Å². The second-order valence-corrected chi connectivity index (χ2v) is 5.97. The smallest absolute Gasteiger partial charge is 0.253 e. The van der Waals surface area contributed by atoms with Gasteiger partial charge in [0.1, 0.15) is 0 Å². The summed E-state index contributed by atoms with van der Waals surface area (Å²) in [7, 11) is 0. The molecule has 0 saturated carbocycles. The van der Waals surface area contributed by atoms with Crippen molar-refractivity contribution < 1.29 is 9.53 Å². The fraction of sp³-hybridized carbons (Fsp3) is 0.350. The summed E-state index contributed by atoms with van der Waals surface area (Å²) in [6.45, 7) is 10.7. The van der Waals surface area contributed by atoms with Crippen LogP contribution in [-0.2, 0) is 16.0 Å². The lowest BCUT2D eigenvalue weighted by molar-refractivity contribution is -0.118. The van der Waals surface area contributed by atoms with Gasteiger partial charge in [0.25, 0.3) is 5.91 Å². The minimum absolute atomic E-state index is 0.102. The SMILES string of the molecule is C=CCC1COC/C(=C/CCc2ccc(C)cc2)C(=O)NC1=C. The number of rotatable bonds is 5. The Labute approximate surface area is 138 Å². The number of amides is 1. The zero-order chi connectivity index (χ0) is 16.7. The van der Waals surface area contributed by atoms with E-state index in [-0.39, 0.29) is 11.8 Å². The topological polar surface area (TPSA) is 38.3 Å². The largest absolute Gasteiger partial charge is 0.376 e. The van der Waals surface area contributed by atoms with Gasteiger partial charge in [-0.25, -0.2) is 0 Å². The van der Waals surface area contributed by atoms with E-state index in [1.54, 1.807) is 0 Å². The first-order chi connectivity index (χ1) is 11.1. The summed E-state index contributed by atoms with van der Waals surface area (Å²) in [5, 5.41) is 2.89. The molecule has 122 valence electrons. The number of hydrogen-bond acceptors (Lipinski definition) is 2. The van der Waals surface area contributed by atoms with Crippen molar-refractivity contribution in [1.82, 2.24) is 5.32 Å². The molecule has 1 unspecified atom stereocenters. The summed E-state index contributed by atoms with van der Waals surface area (Å²) in [6, 6.07) is 8.48.